The number of aromatic nitrogens is 1. The molecule has 9 rings (SSSR count). The van der Waals surface area contributed by atoms with E-state index in [1.165, 1.54) is 17.0 Å². The van der Waals surface area contributed by atoms with Gasteiger partial charge in [-0.2, -0.15) is 0 Å². The molecule has 16 heteroatoms. The van der Waals surface area contributed by atoms with Crippen LogP contribution in [0.1, 0.15) is 83.5 Å². The zero-order chi connectivity index (χ0) is 40.2. The van der Waals surface area contributed by atoms with E-state index in [1.807, 2.05) is 36.4 Å². The quantitative estimate of drug-likeness (QED) is 0.197. The summed E-state index contributed by atoms with van der Waals surface area (Å²) in [6.07, 6.45) is 9.72. The zero-order valence-corrected chi connectivity index (χ0v) is 32.7. The Labute approximate surface area is 334 Å². The minimum atomic E-state index is -3.92. The molecule has 2 aromatic heterocycles. The lowest BCUT2D eigenvalue weighted by molar-refractivity contribution is -0.141. The van der Waals surface area contributed by atoms with Gasteiger partial charge in [0.15, 0.2) is 11.3 Å². The minimum absolute atomic E-state index is 0.0115. The van der Waals surface area contributed by atoms with Crippen LogP contribution in [0.3, 0.4) is 0 Å². The van der Waals surface area contributed by atoms with E-state index in [0.29, 0.717) is 59.7 Å². The largest absolute Gasteiger partial charge is 0.484 e. The first-order valence-electron chi connectivity index (χ1n) is 20.4. The fraction of sp³-hybridized carbons (Fsp3) is 0.500. The fourth-order valence-electron chi connectivity index (χ4n) is 8.79. The van der Waals surface area contributed by atoms with Crippen LogP contribution in [0.15, 0.2) is 59.0 Å². The van der Waals surface area contributed by atoms with Crippen LogP contribution in [0.4, 0.5) is 9.18 Å². The number of pyridine rings is 1. The van der Waals surface area contributed by atoms with Crippen molar-refractivity contribution >= 4 is 66.8 Å². The van der Waals surface area contributed by atoms with Crippen LogP contribution in [-0.4, -0.2) is 83.7 Å². The predicted octanol–water partition coefficient (Wildman–Crippen LogP) is 5.66. The number of amides is 4. The van der Waals surface area contributed by atoms with Crippen LogP contribution in [0.2, 0.25) is 0 Å². The summed E-state index contributed by atoms with van der Waals surface area (Å²) in [5, 5.41) is 6.23. The molecule has 4 amide bonds. The van der Waals surface area contributed by atoms with Gasteiger partial charge >= 0.3 is 6.09 Å². The summed E-state index contributed by atoms with van der Waals surface area (Å²) in [6.45, 7) is -0.0711. The Morgan fingerprint density at radius 3 is 2.57 bits per heavy atom. The van der Waals surface area contributed by atoms with Gasteiger partial charge in [0, 0.05) is 29.2 Å². The second-order valence-electron chi connectivity index (χ2n) is 16.4. The Morgan fingerprint density at radius 1 is 0.966 bits per heavy atom. The summed E-state index contributed by atoms with van der Waals surface area (Å²) in [6, 6.07) is 9.27. The first-order chi connectivity index (χ1) is 28.0. The number of sulfonamides is 1. The van der Waals surface area contributed by atoms with Crippen molar-refractivity contribution in [2.75, 3.05) is 6.54 Å². The van der Waals surface area contributed by atoms with Crippen LogP contribution in [0.5, 0.6) is 5.75 Å². The van der Waals surface area contributed by atoms with Crippen molar-refractivity contribution in [1.29, 1.82) is 0 Å². The molecule has 0 bridgehead atoms. The highest BCUT2D eigenvalue weighted by molar-refractivity contribution is 7.91. The predicted molar refractivity (Wildman–Crippen MR) is 210 cm³/mol. The lowest BCUT2D eigenvalue weighted by Gasteiger charge is -2.30. The lowest BCUT2D eigenvalue weighted by atomic mass is 10.0. The SMILES string of the molecule is O=C(N[C@H]1CCCCC/C=C\[C@H]2C[C@@]2(C(=O)NS(=O)(=O)C2CC2)NC(=O)[C@@H]2C[C@@H](Oc3c4ccccc4nc4c3oc3cc(F)ccc34)CN2C1=O)OC1CCCC1. The molecule has 3 aliphatic carbocycles. The van der Waals surface area contributed by atoms with Gasteiger partial charge in [-0.3, -0.25) is 19.1 Å². The van der Waals surface area contributed by atoms with Crippen molar-refractivity contribution in [3.05, 3.63) is 60.4 Å². The van der Waals surface area contributed by atoms with Gasteiger partial charge in [0.05, 0.1) is 17.3 Å². The number of alkyl carbamates (subject to hydrolysis) is 1. The molecular formula is C42H46FN5O9S. The number of hydrogen-bond donors (Lipinski definition) is 3. The van der Waals surface area contributed by atoms with Gasteiger partial charge in [-0.05, 0) is 88.5 Å². The smallest absolute Gasteiger partial charge is 0.408 e. The lowest BCUT2D eigenvalue weighted by Crippen LogP contribution is -2.58. The van der Waals surface area contributed by atoms with E-state index in [0.717, 1.165) is 38.5 Å². The summed E-state index contributed by atoms with van der Waals surface area (Å²) in [7, 11) is -3.92. The first-order valence-corrected chi connectivity index (χ1v) is 21.9. The van der Waals surface area contributed by atoms with E-state index in [-0.39, 0.29) is 36.7 Å². The number of furan rings is 1. The minimum Gasteiger partial charge on any atom is -0.484 e. The Hall–Kier alpha value is -5.25. The van der Waals surface area contributed by atoms with Crippen molar-refractivity contribution in [1.82, 2.24) is 25.2 Å². The number of carbonyl (C=O) groups is 4. The van der Waals surface area contributed by atoms with Crippen molar-refractivity contribution in [3.63, 3.8) is 0 Å². The number of hydrogen-bond acceptors (Lipinski definition) is 10. The number of fused-ring (bicyclic) bond motifs is 6. The molecule has 0 spiro atoms. The van der Waals surface area contributed by atoms with Crippen LogP contribution in [-0.2, 0) is 29.1 Å². The average molecular weight is 816 g/mol. The molecular weight excluding hydrogens is 770 g/mol. The molecule has 58 heavy (non-hydrogen) atoms. The molecule has 4 fully saturated rings. The molecule has 306 valence electrons. The molecule has 5 aliphatic rings. The highest BCUT2D eigenvalue weighted by Crippen LogP contribution is 2.46. The van der Waals surface area contributed by atoms with E-state index in [4.69, 9.17) is 18.9 Å². The molecule has 14 nitrogen and oxygen atoms in total. The standard InChI is InChI=1S/C42H46FN5O9S/c43-25-16-19-30-34(20-25)57-37-35(30)44-31-14-9-8-13-29(31)36(37)55-27-21-33-38(49)46-42(40(51)47-58(53,54)28-17-18-28)22-24(42)10-4-2-1-3-5-15-32(39(50)48(33)23-27)45-41(52)56-26-11-6-7-12-26/h4,8-10,13-14,16,19-20,24,26-28,32-33H,1-3,5-7,11-12,15,17-18,21-23H2,(H,45,52)(H,46,49)(H,47,51)/b10-4-/t24-,27+,32-,33-,42+/m0/s1. The number of halogens is 1. The van der Waals surface area contributed by atoms with E-state index in [1.54, 1.807) is 6.07 Å². The van der Waals surface area contributed by atoms with Crippen molar-refractivity contribution in [2.45, 2.75) is 119 Å². The summed E-state index contributed by atoms with van der Waals surface area (Å²) < 4.78 is 61.0. The summed E-state index contributed by atoms with van der Waals surface area (Å²) in [5.41, 5.74) is 0.0511. The summed E-state index contributed by atoms with van der Waals surface area (Å²) in [5.74, 6) is -2.60. The molecule has 3 N–H and O–H groups in total. The fourth-order valence-corrected chi connectivity index (χ4v) is 10.2. The van der Waals surface area contributed by atoms with Gasteiger partial charge in [-0.15, -0.1) is 0 Å². The Kier molecular flexibility index (Phi) is 10.0. The van der Waals surface area contributed by atoms with Gasteiger partial charge in [0.1, 0.15) is 46.7 Å². The van der Waals surface area contributed by atoms with E-state index in [2.05, 4.69) is 15.4 Å². The second kappa shape index (κ2) is 15.2. The Bertz CT molecular complexity index is 2440. The Morgan fingerprint density at radius 2 is 1.76 bits per heavy atom. The topological polar surface area (TPSA) is 186 Å². The molecule has 3 saturated carbocycles. The number of nitrogens with one attached hydrogen (secondary N) is 3. The number of ether oxygens (including phenoxy) is 2. The summed E-state index contributed by atoms with van der Waals surface area (Å²) in [4.78, 5) is 62.5. The third kappa shape index (κ3) is 7.46. The van der Waals surface area contributed by atoms with E-state index >= 15 is 0 Å². The van der Waals surface area contributed by atoms with Gasteiger partial charge < -0.3 is 29.4 Å². The third-order valence-electron chi connectivity index (χ3n) is 12.2. The maximum atomic E-state index is 14.7. The van der Waals surface area contributed by atoms with Crippen LogP contribution >= 0.6 is 0 Å². The van der Waals surface area contributed by atoms with Crippen molar-refractivity contribution < 1.29 is 45.9 Å². The monoisotopic (exact) mass is 815 g/mol. The third-order valence-corrected chi connectivity index (χ3v) is 14.0. The molecule has 4 heterocycles. The highest BCUT2D eigenvalue weighted by Gasteiger charge is 2.62. The maximum absolute atomic E-state index is 14.7. The van der Waals surface area contributed by atoms with Crippen molar-refractivity contribution in [3.8, 4) is 5.75 Å². The molecule has 5 atom stereocenters. The molecule has 0 unspecified atom stereocenters. The number of allylic oxidation sites excluding steroid dienone is 1. The van der Waals surface area contributed by atoms with Gasteiger partial charge in [0.25, 0.3) is 5.91 Å². The van der Waals surface area contributed by atoms with Crippen LogP contribution in [0.25, 0.3) is 33.0 Å². The molecule has 2 aliphatic heterocycles. The molecule has 4 aromatic rings. The Balaban J connectivity index is 1.06. The van der Waals surface area contributed by atoms with Gasteiger partial charge in [0.2, 0.25) is 21.8 Å². The van der Waals surface area contributed by atoms with E-state index in [9.17, 15) is 32.0 Å². The highest BCUT2D eigenvalue weighted by atomic mass is 32.2. The number of carbonyl (C=O) groups excluding carboxylic acids is 4. The van der Waals surface area contributed by atoms with Gasteiger partial charge in [-0.1, -0.05) is 37.1 Å². The number of benzene rings is 2. The number of nitrogens with zero attached hydrogens (tertiary/aromatic N) is 2. The van der Waals surface area contributed by atoms with Crippen LogP contribution < -0.4 is 20.1 Å². The zero-order valence-electron chi connectivity index (χ0n) is 31.9. The number of rotatable bonds is 7. The first kappa shape index (κ1) is 38.3. The average Bonchev–Trinajstić information content (AvgIpc) is 4.01. The normalized spacial score (nSPS) is 27.6. The maximum Gasteiger partial charge on any atom is 0.408 e. The van der Waals surface area contributed by atoms with Crippen LogP contribution in [0, 0.1) is 11.7 Å². The van der Waals surface area contributed by atoms with Gasteiger partial charge in [-0.25, -0.2) is 22.6 Å². The molecule has 1 saturated heterocycles. The van der Waals surface area contributed by atoms with Crippen molar-refractivity contribution in [2.24, 2.45) is 5.92 Å². The second-order valence-corrected chi connectivity index (χ2v) is 18.3. The molecule has 0 radical (unpaired) electrons. The number of para-hydroxylation sites is 1. The van der Waals surface area contributed by atoms with E-state index < -0.39 is 74.5 Å². The summed E-state index contributed by atoms with van der Waals surface area (Å²) >= 11 is 0. The molecule has 2 aromatic carbocycles.